The van der Waals surface area contributed by atoms with Crippen molar-refractivity contribution in [3.63, 3.8) is 0 Å². The van der Waals surface area contributed by atoms with Crippen molar-refractivity contribution in [2.45, 2.75) is 6.42 Å². The monoisotopic (exact) mass is 173 g/mol. The van der Waals surface area contributed by atoms with Crippen LogP contribution in [0.5, 0.6) is 0 Å². The average molecular weight is 173 g/mol. The summed E-state index contributed by atoms with van der Waals surface area (Å²) in [7, 11) is 0. The van der Waals surface area contributed by atoms with Crippen molar-refractivity contribution in [2.24, 2.45) is 0 Å². The van der Waals surface area contributed by atoms with E-state index >= 15 is 0 Å². The van der Waals surface area contributed by atoms with Gasteiger partial charge < -0.3 is 29.7 Å². The Balaban J connectivity index is -0.0000000167. The maximum atomic E-state index is 2.99. The zero-order valence-electron chi connectivity index (χ0n) is 7.44. The minimum absolute atomic E-state index is 0. The summed E-state index contributed by atoms with van der Waals surface area (Å²) in [4.78, 5) is 0. The minimum atomic E-state index is 0. The number of allylic oxidation sites excluding steroid dienone is 4. The first-order valence-corrected chi connectivity index (χ1v) is 1.72. The first kappa shape index (κ1) is 31.9. The van der Waals surface area contributed by atoms with Crippen LogP contribution < -0.4 is 0 Å². The summed E-state index contributed by atoms with van der Waals surface area (Å²) in [6, 6.07) is 0. The smallest absolute Gasteiger partial charge is 0 e. The van der Waals surface area contributed by atoms with Crippen LogP contribution in [0, 0.1) is 35.8 Å². The molecule has 0 aromatic carbocycles. The van der Waals surface area contributed by atoms with E-state index in [2.05, 4.69) is 12.2 Å². The maximum Gasteiger partial charge on any atom is 0 e. The minimum Gasteiger partial charge on any atom is -0.358 e. The van der Waals surface area contributed by atoms with Gasteiger partial charge in [-0.1, -0.05) is 0 Å². The number of hydrogen-bond acceptors (Lipinski definition) is 0. The largest absolute Gasteiger partial charge is 0.358 e. The SMILES string of the molecule is [C-]1=CC=CC1.[CH3-].[CH3-].[CH3-].[CH3-].[Ti]. The van der Waals surface area contributed by atoms with Crippen LogP contribution in [0.25, 0.3) is 0 Å². The van der Waals surface area contributed by atoms with E-state index in [0.29, 0.717) is 0 Å². The summed E-state index contributed by atoms with van der Waals surface area (Å²) < 4.78 is 0. The van der Waals surface area contributed by atoms with E-state index in [1.54, 1.807) is 0 Å². The van der Waals surface area contributed by atoms with Crippen LogP contribution in [0.4, 0.5) is 0 Å². The molecule has 1 rings (SSSR count). The van der Waals surface area contributed by atoms with Crippen LogP contribution >= 0.6 is 0 Å². The van der Waals surface area contributed by atoms with Crippen molar-refractivity contribution < 1.29 is 21.7 Å². The van der Waals surface area contributed by atoms with Gasteiger partial charge in [-0.25, -0.2) is 12.2 Å². The van der Waals surface area contributed by atoms with Gasteiger partial charge in [0.15, 0.2) is 0 Å². The number of hydrogen-bond donors (Lipinski definition) is 0. The van der Waals surface area contributed by atoms with E-state index < -0.39 is 0 Å². The van der Waals surface area contributed by atoms with E-state index in [1.807, 2.05) is 12.2 Å². The van der Waals surface area contributed by atoms with Crippen molar-refractivity contribution in [1.29, 1.82) is 0 Å². The predicted octanol–water partition coefficient (Wildman–Crippen LogP) is 3.10. The number of rotatable bonds is 0. The summed E-state index contributed by atoms with van der Waals surface area (Å²) in [5, 5.41) is 0. The molecule has 1 aliphatic carbocycles. The summed E-state index contributed by atoms with van der Waals surface area (Å²) in [5.74, 6) is 0. The van der Waals surface area contributed by atoms with Crippen LogP contribution in [0.3, 0.4) is 0 Å². The van der Waals surface area contributed by atoms with Gasteiger partial charge in [0.05, 0.1) is 0 Å². The molecular weight excluding hydrogens is 156 g/mol. The van der Waals surface area contributed by atoms with Crippen molar-refractivity contribution >= 4 is 0 Å². The molecule has 0 unspecified atom stereocenters. The van der Waals surface area contributed by atoms with Crippen LogP contribution in [-0.4, -0.2) is 0 Å². The van der Waals surface area contributed by atoms with Gasteiger partial charge in [0.1, 0.15) is 0 Å². The normalized spacial score (nSPS) is 8.80. The molecule has 0 radical (unpaired) electrons. The van der Waals surface area contributed by atoms with Crippen molar-refractivity contribution in [3.05, 3.63) is 54.0 Å². The maximum absolute atomic E-state index is 2.99. The van der Waals surface area contributed by atoms with E-state index in [0.717, 1.165) is 6.42 Å². The Morgan fingerprint density at radius 2 is 1.50 bits per heavy atom. The van der Waals surface area contributed by atoms with E-state index in [9.17, 15) is 0 Å². The quantitative estimate of drug-likeness (QED) is 0.390. The standard InChI is InChI=1S/C5H5.4CH3.Ti/c1-2-4-5-3-1;;;;;/h1-3H,4H2;4*1H3;/q5*-1;. The summed E-state index contributed by atoms with van der Waals surface area (Å²) >= 11 is 0. The molecule has 0 bridgehead atoms. The molecule has 0 saturated carbocycles. The Kier molecular flexibility index (Phi) is 73.1. The fraction of sp³-hybridized carbons (Fsp3) is 0.111. The predicted molar refractivity (Wildman–Crippen MR) is 47.2 cm³/mol. The molecule has 0 nitrogen and oxygen atoms in total. The molecule has 0 N–H and O–H groups in total. The van der Waals surface area contributed by atoms with Crippen molar-refractivity contribution in [1.82, 2.24) is 0 Å². The third kappa shape index (κ3) is 15.7. The summed E-state index contributed by atoms with van der Waals surface area (Å²) in [6.07, 6.45) is 10.0. The topological polar surface area (TPSA) is 0 Å². The van der Waals surface area contributed by atoms with Crippen molar-refractivity contribution in [2.75, 3.05) is 0 Å². The molecule has 1 heteroatoms. The Morgan fingerprint density at radius 3 is 1.60 bits per heavy atom. The molecular formula is C9H17Ti-5. The average Bonchev–Trinajstić information content (AvgIpc) is 1.76. The van der Waals surface area contributed by atoms with Gasteiger partial charge in [-0.05, 0) is 0 Å². The zero-order valence-corrected chi connectivity index (χ0v) is 9.00. The zero-order chi connectivity index (χ0) is 3.54. The van der Waals surface area contributed by atoms with Crippen LogP contribution in [-0.2, 0) is 21.7 Å². The first-order valence-electron chi connectivity index (χ1n) is 1.72. The third-order valence-corrected chi connectivity index (χ3v) is 0.586. The fourth-order valence-corrected chi connectivity index (χ4v) is 0.340. The Bertz CT molecular complexity index is 62.8. The second kappa shape index (κ2) is 22.9. The van der Waals surface area contributed by atoms with Gasteiger partial charge in [0.25, 0.3) is 0 Å². The van der Waals surface area contributed by atoms with Gasteiger partial charge in [-0.2, -0.15) is 6.08 Å². The van der Waals surface area contributed by atoms with E-state index in [4.69, 9.17) is 0 Å². The van der Waals surface area contributed by atoms with Crippen molar-refractivity contribution in [3.8, 4) is 0 Å². The molecule has 0 heterocycles. The summed E-state index contributed by atoms with van der Waals surface area (Å²) in [6.45, 7) is 0. The van der Waals surface area contributed by atoms with Crippen LogP contribution in [0.1, 0.15) is 6.42 Å². The second-order valence-corrected chi connectivity index (χ2v) is 1.00. The van der Waals surface area contributed by atoms with Gasteiger partial charge in [-0.15, -0.1) is 6.42 Å². The molecule has 0 aromatic heterocycles. The van der Waals surface area contributed by atoms with Crippen LogP contribution in [0.2, 0.25) is 0 Å². The molecule has 0 aliphatic heterocycles. The van der Waals surface area contributed by atoms with Gasteiger partial charge in [-0.3, -0.25) is 6.08 Å². The van der Waals surface area contributed by atoms with Gasteiger partial charge in [0, 0.05) is 21.7 Å². The molecule has 0 spiro atoms. The Morgan fingerprint density at radius 1 is 1.00 bits per heavy atom. The van der Waals surface area contributed by atoms with E-state index in [-0.39, 0.29) is 51.4 Å². The molecule has 0 saturated heterocycles. The first-order chi connectivity index (χ1) is 2.50. The molecule has 0 fully saturated rings. The Labute approximate surface area is 82.3 Å². The second-order valence-electron chi connectivity index (χ2n) is 1.00. The van der Waals surface area contributed by atoms with Crippen LogP contribution in [0.15, 0.2) is 18.2 Å². The Hall–Kier alpha value is 0.194. The molecule has 10 heavy (non-hydrogen) atoms. The molecule has 0 atom stereocenters. The summed E-state index contributed by atoms with van der Waals surface area (Å²) in [5.41, 5.74) is 0. The molecule has 62 valence electrons. The van der Waals surface area contributed by atoms with E-state index in [1.165, 1.54) is 0 Å². The fourth-order valence-electron chi connectivity index (χ4n) is 0.340. The molecule has 1 aliphatic rings. The van der Waals surface area contributed by atoms with Gasteiger partial charge in [0.2, 0.25) is 0 Å². The molecule has 0 amide bonds. The third-order valence-electron chi connectivity index (χ3n) is 0.586. The molecule has 0 aromatic rings. The van der Waals surface area contributed by atoms with Gasteiger partial charge >= 0.3 is 0 Å².